The highest BCUT2D eigenvalue weighted by molar-refractivity contribution is 6.30. The predicted molar refractivity (Wildman–Crippen MR) is 85.9 cm³/mol. The van der Waals surface area contributed by atoms with Crippen molar-refractivity contribution in [2.75, 3.05) is 20.2 Å². The molecule has 0 aliphatic heterocycles. The Morgan fingerprint density at radius 2 is 2.17 bits per heavy atom. The maximum absolute atomic E-state index is 11.7. The van der Waals surface area contributed by atoms with Crippen molar-refractivity contribution in [2.45, 2.75) is 18.9 Å². The fraction of sp³-hybridized carbons (Fsp3) is 0.400. The van der Waals surface area contributed by atoms with E-state index >= 15 is 0 Å². The molecule has 0 saturated carbocycles. The molecule has 23 heavy (non-hydrogen) atoms. The van der Waals surface area contributed by atoms with Gasteiger partial charge in [-0.1, -0.05) is 16.8 Å². The van der Waals surface area contributed by atoms with Gasteiger partial charge in [0.1, 0.15) is 0 Å². The third kappa shape index (κ3) is 5.31. The number of aromatic nitrogens is 2. The highest BCUT2D eigenvalue weighted by Crippen LogP contribution is 2.18. The molecule has 1 aromatic heterocycles. The van der Waals surface area contributed by atoms with Crippen LogP contribution in [0.15, 0.2) is 28.8 Å². The van der Waals surface area contributed by atoms with Gasteiger partial charge in [0.25, 0.3) is 0 Å². The van der Waals surface area contributed by atoms with Crippen molar-refractivity contribution < 1.29 is 14.1 Å². The van der Waals surface area contributed by atoms with Crippen molar-refractivity contribution in [3.63, 3.8) is 0 Å². The van der Waals surface area contributed by atoms with Gasteiger partial charge in [0.15, 0.2) is 0 Å². The van der Waals surface area contributed by atoms with Crippen LogP contribution in [0.3, 0.4) is 0 Å². The van der Waals surface area contributed by atoms with Crippen molar-refractivity contribution in [2.24, 2.45) is 5.73 Å². The summed E-state index contributed by atoms with van der Waals surface area (Å²) in [6.45, 7) is 0.708. The van der Waals surface area contributed by atoms with E-state index in [0.717, 1.165) is 5.56 Å². The molecule has 2 aromatic rings. The molecular formula is C15H19ClN4O3. The van der Waals surface area contributed by atoms with Crippen LogP contribution >= 0.6 is 11.6 Å². The number of carbonyl (C=O) groups is 1. The van der Waals surface area contributed by atoms with Crippen LogP contribution in [0.2, 0.25) is 5.02 Å². The molecule has 1 aromatic carbocycles. The highest BCUT2D eigenvalue weighted by atomic mass is 35.5. The molecule has 0 radical (unpaired) electrons. The molecule has 1 amide bonds. The number of nitrogens with zero attached hydrogens (tertiary/aromatic N) is 2. The third-order valence-electron chi connectivity index (χ3n) is 3.24. The minimum absolute atomic E-state index is 0.125. The average molecular weight is 339 g/mol. The number of ether oxygens (including phenoxy) is 1. The second-order valence-corrected chi connectivity index (χ2v) is 5.35. The number of rotatable bonds is 8. The zero-order chi connectivity index (χ0) is 16.7. The van der Waals surface area contributed by atoms with Gasteiger partial charge in [0.2, 0.25) is 17.6 Å². The van der Waals surface area contributed by atoms with E-state index in [0.29, 0.717) is 36.2 Å². The van der Waals surface area contributed by atoms with E-state index in [2.05, 4.69) is 15.5 Å². The number of methoxy groups -OCH3 is 1. The smallest absolute Gasteiger partial charge is 0.228 e. The normalized spacial score (nSPS) is 12.1. The standard InChI is InChI=1S/C15H19ClN4O3/c1-22-12(9-17)8-13(21)18-7-6-14-19-15(20-23-14)10-2-4-11(16)5-3-10/h2-5,12H,6-9,17H2,1H3,(H,18,21). The molecule has 1 unspecified atom stereocenters. The number of halogens is 1. The van der Waals surface area contributed by atoms with Crippen LogP contribution in [0.4, 0.5) is 0 Å². The van der Waals surface area contributed by atoms with Gasteiger partial charge in [-0.3, -0.25) is 4.79 Å². The van der Waals surface area contributed by atoms with Crippen LogP contribution in [0.1, 0.15) is 12.3 Å². The van der Waals surface area contributed by atoms with Crippen molar-refractivity contribution in [1.29, 1.82) is 0 Å². The van der Waals surface area contributed by atoms with Gasteiger partial charge < -0.3 is 20.3 Å². The van der Waals surface area contributed by atoms with Crippen LogP contribution in [0.5, 0.6) is 0 Å². The first-order chi connectivity index (χ1) is 11.1. The molecule has 3 N–H and O–H groups in total. The van der Waals surface area contributed by atoms with Gasteiger partial charge in [-0.25, -0.2) is 0 Å². The van der Waals surface area contributed by atoms with Crippen molar-refractivity contribution in [3.05, 3.63) is 35.2 Å². The van der Waals surface area contributed by atoms with E-state index in [4.69, 9.17) is 26.6 Å². The lowest BCUT2D eigenvalue weighted by Gasteiger charge is -2.11. The number of nitrogens with two attached hydrogens (primary N) is 1. The van der Waals surface area contributed by atoms with Crippen LogP contribution in [0.25, 0.3) is 11.4 Å². The number of benzene rings is 1. The Kier molecular flexibility index (Phi) is 6.52. The van der Waals surface area contributed by atoms with E-state index in [1.807, 2.05) is 12.1 Å². The fourth-order valence-electron chi connectivity index (χ4n) is 1.92. The van der Waals surface area contributed by atoms with Crippen molar-refractivity contribution in [1.82, 2.24) is 15.5 Å². The van der Waals surface area contributed by atoms with Gasteiger partial charge in [-0.05, 0) is 24.3 Å². The van der Waals surface area contributed by atoms with Gasteiger partial charge in [0, 0.05) is 37.2 Å². The van der Waals surface area contributed by atoms with Crippen molar-refractivity contribution in [3.8, 4) is 11.4 Å². The first kappa shape index (κ1) is 17.4. The van der Waals surface area contributed by atoms with Crippen LogP contribution < -0.4 is 11.1 Å². The van der Waals surface area contributed by atoms with Crippen LogP contribution in [0, 0.1) is 0 Å². The lowest BCUT2D eigenvalue weighted by molar-refractivity contribution is -0.123. The number of nitrogens with one attached hydrogen (secondary N) is 1. The molecule has 0 saturated heterocycles. The minimum Gasteiger partial charge on any atom is -0.380 e. The molecule has 2 rings (SSSR count). The molecule has 8 heteroatoms. The van der Waals surface area contributed by atoms with E-state index in [-0.39, 0.29) is 18.4 Å². The van der Waals surface area contributed by atoms with E-state index in [1.54, 1.807) is 12.1 Å². The SMILES string of the molecule is COC(CN)CC(=O)NCCc1nc(-c2ccc(Cl)cc2)no1. The van der Waals surface area contributed by atoms with E-state index < -0.39 is 0 Å². The van der Waals surface area contributed by atoms with Crippen LogP contribution in [-0.2, 0) is 16.0 Å². The second kappa shape index (κ2) is 8.61. The molecule has 7 nitrogen and oxygen atoms in total. The molecule has 0 aliphatic rings. The molecule has 0 bridgehead atoms. The van der Waals surface area contributed by atoms with E-state index in [1.165, 1.54) is 7.11 Å². The summed E-state index contributed by atoms with van der Waals surface area (Å²) >= 11 is 5.84. The maximum atomic E-state index is 11.7. The molecule has 0 fully saturated rings. The summed E-state index contributed by atoms with van der Waals surface area (Å²) < 4.78 is 10.2. The number of hydrogen-bond donors (Lipinski definition) is 2. The van der Waals surface area contributed by atoms with Crippen LogP contribution in [-0.4, -0.2) is 42.4 Å². The Morgan fingerprint density at radius 3 is 2.83 bits per heavy atom. The average Bonchev–Trinajstić information content (AvgIpc) is 3.02. The summed E-state index contributed by atoms with van der Waals surface area (Å²) in [4.78, 5) is 16.0. The van der Waals surface area contributed by atoms with Gasteiger partial charge >= 0.3 is 0 Å². The van der Waals surface area contributed by atoms with Crippen molar-refractivity contribution >= 4 is 17.5 Å². The topological polar surface area (TPSA) is 103 Å². The van der Waals surface area contributed by atoms with Gasteiger partial charge in [-0.15, -0.1) is 0 Å². The van der Waals surface area contributed by atoms with Gasteiger partial charge in [0.05, 0.1) is 12.5 Å². The Morgan fingerprint density at radius 1 is 1.43 bits per heavy atom. The highest BCUT2D eigenvalue weighted by Gasteiger charge is 2.12. The number of amides is 1. The summed E-state index contributed by atoms with van der Waals surface area (Å²) in [5.74, 6) is 0.822. The molecule has 1 atom stereocenters. The van der Waals surface area contributed by atoms with E-state index in [9.17, 15) is 4.79 Å². The molecule has 1 heterocycles. The summed E-state index contributed by atoms with van der Waals surface area (Å²) in [5, 5.41) is 7.32. The summed E-state index contributed by atoms with van der Waals surface area (Å²) in [6, 6.07) is 7.15. The number of hydrogen-bond acceptors (Lipinski definition) is 6. The largest absolute Gasteiger partial charge is 0.380 e. The molecular weight excluding hydrogens is 320 g/mol. The molecule has 124 valence electrons. The zero-order valence-corrected chi connectivity index (χ0v) is 13.5. The minimum atomic E-state index is -0.269. The molecule has 0 aliphatic carbocycles. The Labute approximate surface area is 139 Å². The lowest BCUT2D eigenvalue weighted by Crippen LogP contribution is -2.33. The Hall–Kier alpha value is -1.96. The predicted octanol–water partition coefficient (Wildman–Crippen LogP) is 1.41. The van der Waals surface area contributed by atoms with Gasteiger partial charge in [-0.2, -0.15) is 4.98 Å². The monoisotopic (exact) mass is 338 g/mol. The summed E-state index contributed by atoms with van der Waals surface area (Å²) in [6.07, 6.45) is 0.411. The first-order valence-corrected chi connectivity index (χ1v) is 7.58. The number of carbonyl (C=O) groups excluding carboxylic acids is 1. The zero-order valence-electron chi connectivity index (χ0n) is 12.8. The maximum Gasteiger partial charge on any atom is 0.228 e. The Bertz CT molecular complexity index is 626. The third-order valence-corrected chi connectivity index (χ3v) is 3.49. The summed E-state index contributed by atoms with van der Waals surface area (Å²) in [5.41, 5.74) is 6.29. The summed E-state index contributed by atoms with van der Waals surface area (Å²) in [7, 11) is 1.53. The quantitative estimate of drug-likeness (QED) is 0.754. The lowest BCUT2D eigenvalue weighted by atomic mass is 10.2. The molecule has 0 spiro atoms. The Balaban J connectivity index is 1.81. The fourth-order valence-corrected chi connectivity index (χ4v) is 2.05. The first-order valence-electron chi connectivity index (χ1n) is 7.20. The second-order valence-electron chi connectivity index (χ2n) is 4.92.